The molecule has 2 saturated carbocycles. The average Bonchev–Trinajstić information content (AvgIpc) is 3.31. The zero-order valence-corrected chi connectivity index (χ0v) is 14.6. The number of aromatic nitrogens is 1. The summed E-state index contributed by atoms with van der Waals surface area (Å²) in [6, 6.07) is 8.60. The zero-order valence-electron chi connectivity index (χ0n) is 13.5. The summed E-state index contributed by atoms with van der Waals surface area (Å²) in [5, 5.41) is 1.36. The van der Waals surface area contributed by atoms with Gasteiger partial charge in [-0.2, -0.15) is 0 Å². The van der Waals surface area contributed by atoms with Crippen LogP contribution < -0.4 is 0 Å². The fourth-order valence-corrected chi connectivity index (χ4v) is 2.90. The smallest absolute Gasteiger partial charge is 0.350 e. The van der Waals surface area contributed by atoms with E-state index in [1.807, 2.05) is 32.1 Å². The summed E-state index contributed by atoms with van der Waals surface area (Å²) in [4.78, 5) is 0. The quantitative estimate of drug-likeness (QED) is 0.696. The van der Waals surface area contributed by atoms with Crippen molar-refractivity contribution in [3.63, 3.8) is 0 Å². The van der Waals surface area contributed by atoms with Crippen LogP contribution in [0.25, 0.3) is 10.9 Å². The first-order chi connectivity index (χ1) is 10.8. The second-order valence-electron chi connectivity index (χ2n) is 5.61. The van der Waals surface area contributed by atoms with Crippen LogP contribution in [0.1, 0.15) is 18.4 Å². The summed E-state index contributed by atoms with van der Waals surface area (Å²) in [7, 11) is 2.11. The van der Waals surface area contributed by atoms with Gasteiger partial charge in [0.05, 0.1) is 0 Å². The van der Waals surface area contributed by atoms with Gasteiger partial charge in [-0.3, -0.25) is 0 Å². The van der Waals surface area contributed by atoms with Crippen molar-refractivity contribution in [3.8, 4) is 0 Å². The third kappa shape index (κ3) is 4.42. The van der Waals surface area contributed by atoms with Crippen LogP contribution in [0.5, 0.6) is 0 Å². The Labute approximate surface area is 152 Å². The van der Waals surface area contributed by atoms with Gasteiger partial charge in [-0.05, 0) is 81.3 Å². The first kappa shape index (κ1) is 18.6. The number of hydrogen-bond acceptors (Lipinski definition) is 0. The molecule has 116 valence electrons. The predicted octanol–water partition coefficient (Wildman–Crippen LogP) is 4.71. The molecule has 0 N–H and O–H groups in total. The summed E-state index contributed by atoms with van der Waals surface area (Å²) in [6.45, 7) is 2.27. The van der Waals surface area contributed by atoms with E-state index < -0.39 is 0 Å². The van der Waals surface area contributed by atoms with E-state index in [4.69, 9.17) is 0 Å². The summed E-state index contributed by atoms with van der Waals surface area (Å²) in [5.41, 5.74) is 2.72. The molecule has 4 rings (SSSR count). The van der Waals surface area contributed by atoms with Gasteiger partial charge < -0.3 is 4.57 Å². The number of fused-ring (bicyclic) bond motifs is 1. The van der Waals surface area contributed by atoms with Crippen LogP contribution in [-0.2, 0) is 24.1 Å². The van der Waals surface area contributed by atoms with E-state index in [0.717, 1.165) is 0 Å². The molecule has 0 amide bonds. The molecular weight excluding hydrogens is 322 g/mol. The molecule has 0 saturated heterocycles. The van der Waals surface area contributed by atoms with Crippen molar-refractivity contribution in [2.24, 2.45) is 7.05 Å². The SMILES string of the molecule is C[C@@H]([C]1[CH][CH][CH][CH]1)c1cn(C)c2ccccc12.[CH]1[CH][CH][CH][CH]1.[Fe+2]. The third-order valence-corrected chi connectivity index (χ3v) is 4.14. The maximum atomic E-state index is 2.27. The Balaban J connectivity index is 0.000000276. The number of rotatable bonds is 2. The van der Waals surface area contributed by atoms with Crippen LogP contribution in [0.15, 0.2) is 30.5 Å². The molecule has 10 radical (unpaired) electrons. The Morgan fingerprint density at radius 3 is 2.00 bits per heavy atom. The first-order valence-corrected chi connectivity index (χ1v) is 7.69. The van der Waals surface area contributed by atoms with E-state index in [0.29, 0.717) is 5.92 Å². The minimum absolute atomic E-state index is 0. The van der Waals surface area contributed by atoms with Gasteiger partial charge in [-0.1, -0.05) is 25.1 Å². The second kappa shape index (κ2) is 8.94. The molecule has 2 aliphatic carbocycles. The molecule has 1 nitrogen and oxygen atoms in total. The predicted molar refractivity (Wildman–Crippen MR) is 93.3 cm³/mol. The minimum Gasteiger partial charge on any atom is -0.350 e. The maximum absolute atomic E-state index is 2.27. The number of nitrogens with zero attached hydrogens (tertiary/aromatic N) is 1. The molecule has 2 aliphatic rings. The molecule has 0 bridgehead atoms. The topological polar surface area (TPSA) is 4.93 Å². The molecule has 2 heteroatoms. The molecule has 1 aromatic heterocycles. The summed E-state index contributed by atoms with van der Waals surface area (Å²) in [6.07, 6.45) is 20.9. The van der Waals surface area contributed by atoms with Crippen LogP contribution in [0.2, 0.25) is 0 Å². The van der Waals surface area contributed by atoms with Crippen LogP contribution >= 0.6 is 0 Å². The molecule has 1 heterocycles. The number of aryl methyl sites for hydroxylation is 1. The van der Waals surface area contributed by atoms with Gasteiger partial charge in [0.1, 0.15) is 0 Å². The molecule has 0 aliphatic heterocycles. The first-order valence-electron chi connectivity index (χ1n) is 7.69. The average molecular weight is 343 g/mol. The summed E-state index contributed by atoms with van der Waals surface area (Å²) >= 11 is 0. The third-order valence-electron chi connectivity index (χ3n) is 4.14. The monoisotopic (exact) mass is 343 g/mol. The molecule has 0 unspecified atom stereocenters. The Kier molecular flexibility index (Phi) is 7.24. The molecule has 0 spiro atoms. The maximum Gasteiger partial charge on any atom is 2.00 e. The number of hydrogen-bond donors (Lipinski definition) is 0. The Hall–Kier alpha value is -0.721. The van der Waals surface area contributed by atoms with Crippen molar-refractivity contribution in [3.05, 3.63) is 99.7 Å². The van der Waals surface area contributed by atoms with Crippen molar-refractivity contribution >= 4 is 10.9 Å². The van der Waals surface area contributed by atoms with Gasteiger partial charge in [-0.25, -0.2) is 0 Å². The van der Waals surface area contributed by atoms with Crippen molar-refractivity contribution < 1.29 is 17.1 Å². The minimum atomic E-state index is 0. The van der Waals surface area contributed by atoms with Crippen molar-refractivity contribution in [2.75, 3.05) is 0 Å². The zero-order chi connectivity index (χ0) is 15.4. The standard InChI is InChI=1S/C16H16N.C5H5.Fe/c1-12(13-7-3-4-8-13)15-11-17(2)16-10-6-5-9-14(15)16;1-2-4-5-3-1;/h3-12H,1-2H3;1-5H;/q;;+2/t12-;;/m0../s1. The molecular formula is C21H21FeN+2. The Morgan fingerprint density at radius 2 is 1.39 bits per heavy atom. The van der Waals surface area contributed by atoms with E-state index in [1.165, 1.54) is 22.4 Å². The van der Waals surface area contributed by atoms with E-state index in [-0.39, 0.29) is 17.1 Å². The fourth-order valence-electron chi connectivity index (χ4n) is 2.90. The van der Waals surface area contributed by atoms with Crippen molar-refractivity contribution in [1.82, 2.24) is 4.57 Å². The fraction of sp³-hybridized carbons (Fsp3) is 0.143. The van der Waals surface area contributed by atoms with E-state index >= 15 is 0 Å². The van der Waals surface area contributed by atoms with Crippen LogP contribution in [-0.4, -0.2) is 4.57 Å². The van der Waals surface area contributed by atoms with Gasteiger partial charge in [0.15, 0.2) is 0 Å². The number of benzene rings is 1. The normalized spacial score (nSPS) is 19.2. The largest absolute Gasteiger partial charge is 2.00 e. The van der Waals surface area contributed by atoms with Crippen LogP contribution in [0, 0.1) is 63.7 Å². The second-order valence-corrected chi connectivity index (χ2v) is 5.61. The summed E-state index contributed by atoms with van der Waals surface area (Å²) < 4.78 is 2.21. The molecule has 1 aromatic carbocycles. The molecule has 1 atom stereocenters. The van der Waals surface area contributed by atoms with Gasteiger partial charge in [-0.15, -0.1) is 0 Å². The van der Waals surface area contributed by atoms with Crippen LogP contribution in [0.3, 0.4) is 0 Å². The molecule has 23 heavy (non-hydrogen) atoms. The Bertz CT molecular complexity index is 583. The van der Waals surface area contributed by atoms with Gasteiger partial charge in [0.2, 0.25) is 0 Å². The Morgan fingerprint density at radius 1 is 0.826 bits per heavy atom. The van der Waals surface area contributed by atoms with E-state index in [2.05, 4.69) is 74.7 Å². The van der Waals surface area contributed by atoms with Gasteiger partial charge in [0.25, 0.3) is 0 Å². The van der Waals surface area contributed by atoms with Gasteiger partial charge >= 0.3 is 17.1 Å². The van der Waals surface area contributed by atoms with Gasteiger partial charge in [0, 0.05) is 24.1 Å². The van der Waals surface area contributed by atoms with Crippen molar-refractivity contribution in [2.45, 2.75) is 12.8 Å². The number of para-hydroxylation sites is 1. The molecule has 2 aromatic rings. The van der Waals surface area contributed by atoms with E-state index in [1.54, 1.807) is 0 Å². The van der Waals surface area contributed by atoms with E-state index in [9.17, 15) is 0 Å². The van der Waals surface area contributed by atoms with Crippen LogP contribution in [0.4, 0.5) is 0 Å². The van der Waals surface area contributed by atoms with Crippen molar-refractivity contribution in [1.29, 1.82) is 0 Å². The summed E-state index contributed by atoms with van der Waals surface area (Å²) in [5.74, 6) is 1.84. The molecule has 2 fully saturated rings.